The lowest BCUT2D eigenvalue weighted by atomic mass is 10.2. The number of carbonyl (C=O) groups excluding carboxylic acids is 1. The molecule has 2 heterocycles. The molecule has 0 aliphatic carbocycles. The Balaban J connectivity index is 1.93. The summed E-state index contributed by atoms with van der Waals surface area (Å²) in [7, 11) is 0. The Kier molecular flexibility index (Phi) is 3.54. The summed E-state index contributed by atoms with van der Waals surface area (Å²) in [6, 6.07) is 5.73. The molecule has 1 amide bonds. The summed E-state index contributed by atoms with van der Waals surface area (Å²) in [5, 5.41) is 11.0. The van der Waals surface area contributed by atoms with E-state index in [1.807, 2.05) is 43.4 Å². The number of nitrogens with zero attached hydrogens (tertiary/aromatic N) is 3. The van der Waals surface area contributed by atoms with Gasteiger partial charge in [-0.2, -0.15) is 0 Å². The first-order chi connectivity index (χ1) is 9.97. The van der Waals surface area contributed by atoms with Crippen LogP contribution in [0.1, 0.15) is 26.8 Å². The molecule has 0 atom stereocenters. The number of hydrogen-bond acceptors (Lipinski definition) is 4. The molecule has 7 heteroatoms. The third kappa shape index (κ3) is 2.47. The molecule has 0 radical (unpaired) electrons. The van der Waals surface area contributed by atoms with E-state index in [0.29, 0.717) is 4.88 Å². The number of fused-ring (bicyclic) bond motifs is 1. The topological polar surface area (TPSA) is 59.3 Å². The molecule has 0 spiro atoms. The Labute approximate surface area is 134 Å². The summed E-state index contributed by atoms with van der Waals surface area (Å²) in [4.78, 5) is 13.8. The highest BCUT2D eigenvalue weighted by Crippen LogP contribution is 2.25. The maximum absolute atomic E-state index is 12.4. The predicted molar refractivity (Wildman–Crippen MR) is 87.2 cm³/mol. The third-order valence-electron chi connectivity index (χ3n) is 3.27. The number of aromatic nitrogens is 3. The van der Waals surface area contributed by atoms with Crippen molar-refractivity contribution in [3.63, 3.8) is 0 Å². The molecule has 0 bridgehead atoms. The first kappa shape index (κ1) is 14.2. The number of hydrogen-bond donors (Lipinski definition) is 1. The van der Waals surface area contributed by atoms with Crippen LogP contribution in [0.25, 0.3) is 4.96 Å². The van der Waals surface area contributed by atoms with Crippen molar-refractivity contribution in [2.75, 3.05) is 5.32 Å². The summed E-state index contributed by atoms with van der Waals surface area (Å²) in [5.74, 6) is 0.668. The number of halogens is 1. The van der Waals surface area contributed by atoms with Crippen molar-refractivity contribution < 1.29 is 4.79 Å². The number of benzene rings is 1. The van der Waals surface area contributed by atoms with Gasteiger partial charge in [0.05, 0.1) is 0 Å². The van der Waals surface area contributed by atoms with E-state index < -0.39 is 0 Å². The van der Waals surface area contributed by atoms with Crippen LogP contribution in [0.15, 0.2) is 22.7 Å². The number of nitrogens with one attached hydrogen (secondary N) is 1. The number of carbonyl (C=O) groups is 1. The molecule has 3 rings (SSSR count). The Morgan fingerprint density at radius 3 is 2.71 bits per heavy atom. The fraction of sp³-hybridized carbons (Fsp3) is 0.214. The smallest absolute Gasteiger partial charge is 0.267 e. The van der Waals surface area contributed by atoms with Crippen molar-refractivity contribution >= 4 is 43.8 Å². The van der Waals surface area contributed by atoms with Crippen LogP contribution in [-0.2, 0) is 0 Å². The average molecular weight is 365 g/mol. The van der Waals surface area contributed by atoms with E-state index in [1.165, 1.54) is 11.3 Å². The summed E-state index contributed by atoms with van der Waals surface area (Å²) in [6.45, 7) is 5.76. The van der Waals surface area contributed by atoms with Crippen molar-refractivity contribution in [2.45, 2.75) is 20.8 Å². The molecule has 0 fully saturated rings. The van der Waals surface area contributed by atoms with Gasteiger partial charge in [-0.05, 0) is 44.5 Å². The van der Waals surface area contributed by atoms with Gasteiger partial charge in [-0.1, -0.05) is 27.3 Å². The van der Waals surface area contributed by atoms with E-state index in [4.69, 9.17) is 0 Å². The largest absolute Gasteiger partial charge is 0.321 e. The maximum atomic E-state index is 12.4. The molecule has 0 saturated heterocycles. The molecular formula is C14H13BrN4OS. The normalized spacial score (nSPS) is 11.0. The first-order valence-corrected chi connectivity index (χ1v) is 7.97. The Bertz CT molecular complexity index is 852. The van der Waals surface area contributed by atoms with Crippen LogP contribution < -0.4 is 5.32 Å². The minimum Gasteiger partial charge on any atom is -0.321 e. The molecule has 0 aliphatic heterocycles. The lowest BCUT2D eigenvalue weighted by molar-refractivity contribution is 0.102. The molecule has 21 heavy (non-hydrogen) atoms. The fourth-order valence-corrected chi connectivity index (χ4v) is 3.44. The van der Waals surface area contributed by atoms with Gasteiger partial charge in [0, 0.05) is 15.9 Å². The molecule has 0 aliphatic rings. The highest BCUT2D eigenvalue weighted by Gasteiger charge is 2.18. The molecule has 2 aromatic heterocycles. The number of anilines is 1. The lowest BCUT2D eigenvalue weighted by Crippen LogP contribution is -2.12. The van der Waals surface area contributed by atoms with Crippen LogP contribution in [0.2, 0.25) is 0 Å². The van der Waals surface area contributed by atoms with Crippen molar-refractivity contribution in [3.8, 4) is 0 Å². The second-order valence-corrected chi connectivity index (χ2v) is 6.63. The minimum absolute atomic E-state index is 0.121. The SMILES string of the molecule is Cc1cc(NC(=O)c2sc3nnc(C)n3c2C)ccc1Br. The van der Waals surface area contributed by atoms with Gasteiger partial charge in [0.2, 0.25) is 4.96 Å². The first-order valence-electron chi connectivity index (χ1n) is 6.36. The minimum atomic E-state index is -0.121. The summed E-state index contributed by atoms with van der Waals surface area (Å²) in [5.41, 5.74) is 2.72. The van der Waals surface area contributed by atoms with Gasteiger partial charge in [0.25, 0.3) is 5.91 Å². The molecule has 5 nitrogen and oxygen atoms in total. The maximum Gasteiger partial charge on any atom is 0.267 e. The molecule has 1 aromatic carbocycles. The van der Waals surface area contributed by atoms with Crippen LogP contribution in [0.3, 0.4) is 0 Å². The Morgan fingerprint density at radius 1 is 1.29 bits per heavy atom. The van der Waals surface area contributed by atoms with Gasteiger partial charge in [-0.25, -0.2) is 0 Å². The highest BCUT2D eigenvalue weighted by molar-refractivity contribution is 9.10. The fourth-order valence-electron chi connectivity index (χ4n) is 2.18. The van der Waals surface area contributed by atoms with Gasteiger partial charge in [0.1, 0.15) is 10.7 Å². The van der Waals surface area contributed by atoms with Gasteiger partial charge in [-0.15, -0.1) is 10.2 Å². The summed E-state index contributed by atoms with van der Waals surface area (Å²) < 4.78 is 2.92. The second-order valence-electron chi connectivity index (χ2n) is 4.80. The monoisotopic (exact) mass is 364 g/mol. The number of aryl methyl sites for hydroxylation is 3. The van der Waals surface area contributed by atoms with Gasteiger partial charge in [-0.3, -0.25) is 9.20 Å². The molecule has 0 unspecified atom stereocenters. The van der Waals surface area contributed by atoms with E-state index in [-0.39, 0.29) is 5.91 Å². The van der Waals surface area contributed by atoms with Crippen molar-refractivity contribution in [3.05, 3.63) is 44.6 Å². The van der Waals surface area contributed by atoms with E-state index in [1.54, 1.807) is 0 Å². The van der Waals surface area contributed by atoms with Gasteiger partial charge >= 0.3 is 0 Å². The zero-order chi connectivity index (χ0) is 15.1. The molecule has 0 saturated carbocycles. The second kappa shape index (κ2) is 5.23. The Hall–Kier alpha value is -1.73. The van der Waals surface area contributed by atoms with Crippen molar-refractivity contribution in [1.29, 1.82) is 0 Å². The predicted octanol–water partition coefficient (Wildman–Crippen LogP) is 3.73. The summed E-state index contributed by atoms with van der Waals surface area (Å²) >= 11 is 4.80. The quantitative estimate of drug-likeness (QED) is 0.753. The molecule has 108 valence electrons. The lowest BCUT2D eigenvalue weighted by Gasteiger charge is -2.06. The third-order valence-corrected chi connectivity index (χ3v) is 5.30. The van der Waals surface area contributed by atoms with Crippen LogP contribution >= 0.6 is 27.3 Å². The zero-order valence-electron chi connectivity index (χ0n) is 11.8. The van der Waals surface area contributed by atoms with Crippen LogP contribution in [0, 0.1) is 20.8 Å². The van der Waals surface area contributed by atoms with E-state index in [0.717, 1.165) is 32.2 Å². The van der Waals surface area contributed by atoms with Crippen molar-refractivity contribution in [2.24, 2.45) is 0 Å². The van der Waals surface area contributed by atoms with Crippen LogP contribution in [0.4, 0.5) is 5.69 Å². The molecular weight excluding hydrogens is 352 g/mol. The van der Waals surface area contributed by atoms with Crippen molar-refractivity contribution in [1.82, 2.24) is 14.6 Å². The van der Waals surface area contributed by atoms with E-state index in [9.17, 15) is 4.79 Å². The number of amides is 1. The molecule has 1 N–H and O–H groups in total. The summed E-state index contributed by atoms with van der Waals surface area (Å²) in [6.07, 6.45) is 0. The Morgan fingerprint density at radius 2 is 2.05 bits per heavy atom. The molecule has 3 aromatic rings. The zero-order valence-corrected chi connectivity index (χ0v) is 14.2. The van der Waals surface area contributed by atoms with E-state index in [2.05, 4.69) is 31.4 Å². The number of thiazole rings is 1. The van der Waals surface area contributed by atoms with Gasteiger partial charge in [0.15, 0.2) is 0 Å². The average Bonchev–Trinajstić information content (AvgIpc) is 2.96. The van der Waals surface area contributed by atoms with Gasteiger partial charge < -0.3 is 5.32 Å². The standard InChI is InChI=1S/C14H13BrN4OS/c1-7-6-10(4-5-11(7)15)16-13(20)12-8(2)19-9(3)17-18-14(19)21-12/h4-6H,1-3H3,(H,16,20). The highest BCUT2D eigenvalue weighted by atomic mass is 79.9. The van der Waals surface area contributed by atoms with Crippen LogP contribution in [-0.4, -0.2) is 20.5 Å². The number of rotatable bonds is 2. The van der Waals surface area contributed by atoms with Crippen LogP contribution in [0.5, 0.6) is 0 Å². The van der Waals surface area contributed by atoms with E-state index >= 15 is 0 Å².